The molecule has 2 heterocycles. The highest BCUT2D eigenvalue weighted by Crippen LogP contribution is 2.33. The maximum absolute atomic E-state index is 13.0. The number of carbonyl (C=O) groups excluding carboxylic acids is 1. The molecule has 4 nitrogen and oxygen atoms in total. The molecule has 0 saturated carbocycles. The highest BCUT2D eigenvalue weighted by Gasteiger charge is 2.32. The number of furan rings is 1. The molecule has 28 heavy (non-hydrogen) atoms. The number of nitrogens with zero attached hydrogens (tertiary/aromatic N) is 2. The van der Waals surface area contributed by atoms with E-state index in [-0.39, 0.29) is 39.2 Å². The third-order valence-corrected chi connectivity index (χ3v) is 5.05. The number of fused-ring (bicyclic) bond motifs is 2. The summed E-state index contributed by atoms with van der Waals surface area (Å²) in [4.78, 5) is 16.7. The number of para-hydroxylation sites is 1. The maximum atomic E-state index is 13.0. The van der Waals surface area contributed by atoms with Crippen LogP contribution in [0.4, 0.5) is 13.2 Å². The van der Waals surface area contributed by atoms with Gasteiger partial charge in [0.2, 0.25) is 5.78 Å². The van der Waals surface area contributed by atoms with Crippen LogP contribution < -0.4 is 0 Å². The van der Waals surface area contributed by atoms with Gasteiger partial charge >= 0.3 is 6.18 Å². The molecule has 144 valence electrons. The predicted molar refractivity (Wildman–Crippen MR) is 100 cm³/mol. The van der Waals surface area contributed by atoms with Crippen molar-refractivity contribution in [2.24, 2.45) is 0 Å². The summed E-state index contributed by atoms with van der Waals surface area (Å²) in [6.07, 6.45) is -5.80. The summed E-state index contributed by atoms with van der Waals surface area (Å²) in [7, 11) is 0. The van der Waals surface area contributed by atoms with Gasteiger partial charge in [-0.2, -0.15) is 13.2 Å². The first-order chi connectivity index (χ1) is 13.2. The van der Waals surface area contributed by atoms with Crippen LogP contribution in [0.2, 0.25) is 10.0 Å². The van der Waals surface area contributed by atoms with Crippen LogP contribution in [-0.2, 0) is 13.0 Å². The van der Waals surface area contributed by atoms with Crippen LogP contribution >= 0.6 is 23.2 Å². The van der Waals surface area contributed by atoms with Crippen molar-refractivity contribution < 1.29 is 22.4 Å². The van der Waals surface area contributed by atoms with Crippen LogP contribution in [-0.4, -0.2) is 21.5 Å². The Labute approximate surface area is 166 Å². The summed E-state index contributed by atoms with van der Waals surface area (Å²) in [6.45, 7) is -0.375. The molecule has 0 radical (unpaired) electrons. The zero-order valence-corrected chi connectivity index (χ0v) is 15.6. The molecule has 0 atom stereocenters. The zero-order chi connectivity index (χ0) is 20.1. The number of carbonyl (C=O) groups is 1. The molecule has 9 heteroatoms. The first kappa shape index (κ1) is 18.8. The van der Waals surface area contributed by atoms with Crippen molar-refractivity contribution >= 4 is 51.0 Å². The molecule has 2 aromatic heterocycles. The lowest BCUT2D eigenvalue weighted by atomic mass is 10.2. The summed E-state index contributed by atoms with van der Waals surface area (Å²) >= 11 is 12.0. The number of imidazole rings is 1. The number of hydrogen-bond acceptors (Lipinski definition) is 3. The van der Waals surface area contributed by atoms with Gasteiger partial charge in [-0.25, -0.2) is 4.98 Å². The third-order valence-electron chi connectivity index (χ3n) is 4.25. The molecule has 4 rings (SSSR count). The molecule has 0 spiro atoms. The number of alkyl halides is 3. The molecule has 0 N–H and O–H groups in total. The number of halogens is 5. The molecule has 0 amide bonds. The van der Waals surface area contributed by atoms with E-state index in [1.54, 1.807) is 30.3 Å². The Kier molecular flexibility index (Phi) is 4.59. The van der Waals surface area contributed by atoms with Crippen LogP contribution in [0.5, 0.6) is 0 Å². The number of aromatic nitrogens is 2. The molecule has 0 aliphatic carbocycles. The van der Waals surface area contributed by atoms with Crippen molar-refractivity contribution in [2.75, 3.05) is 0 Å². The van der Waals surface area contributed by atoms with Crippen LogP contribution in [0.25, 0.3) is 22.0 Å². The van der Waals surface area contributed by atoms with Crippen LogP contribution in [0, 0.1) is 0 Å². The summed E-state index contributed by atoms with van der Waals surface area (Å²) < 4.78 is 45.8. The fourth-order valence-corrected chi connectivity index (χ4v) is 3.37. The molecule has 0 bridgehead atoms. The molecule has 0 aliphatic heterocycles. The number of rotatable bonds is 4. The van der Waals surface area contributed by atoms with Crippen molar-refractivity contribution in [3.05, 3.63) is 64.1 Å². The van der Waals surface area contributed by atoms with Gasteiger partial charge in [0.1, 0.15) is 23.3 Å². The lowest BCUT2D eigenvalue weighted by molar-refractivity contribution is -0.128. The smallest absolute Gasteiger partial charge is 0.396 e. The van der Waals surface area contributed by atoms with Gasteiger partial charge < -0.3 is 8.98 Å². The summed E-state index contributed by atoms with van der Waals surface area (Å²) in [6, 6.07) is 11.5. The van der Waals surface area contributed by atoms with Gasteiger partial charge in [0.05, 0.1) is 22.1 Å². The molecular weight excluding hydrogens is 416 g/mol. The van der Waals surface area contributed by atoms with Crippen LogP contribution in [0.3, 0.4) is 0 Å². The van der Waals surface area contributed by atoms with Gasteiger partial charge in [-0.15, -0.1) is 0 Å². The van der Waals surface area contributed by atoms with E-state index < -0.39 is 18.4 Å². The van der Waals surface area contributed by atoms with Crippen LogP contribution in [0.1, 0.15) is 16.4 Å². The van der Waals surface area contributed by atoms with Gasteiger partial charge in [-0.05, 0) is 24.3 Å². The van der Waals surface area contributed by atoms with E-state index in [0.29, 0.717) is 5.58 Å². The Hall–Kier alpha value is -2.51. The second-order valence-electron chi connectivity index (χ2n) is 6.21. The van der Waals surface area contributed by atoms with Crippen molar-refractivity contribution in [1.82, 2.24) is 9.55 Å². The lowest BCUT2D eigenvalue weighted by Gasteiger charge is -2.10. The fraction of sp³-hybridized carbons (Fsp3) is 0.158. The molecule has 4 aromatic rings. The van der Waals surface area contributed by atoms with Crippen molar-refractivity contribution in [3.63, 3.8) is 0 Å². The molecule has 0 saturated heterocycles. The van der Waals surface area contributed by atoms with Gasteiger partial charge in [0.15, 0.2) is 5.76 Å². The SMILES string of the molecule is O=C(Cn1c(CC(F)(F)F)nc2c(Cl)c(Cl)ccc21)c1cc2ccccc2o1. The van der Waals surface area contributed by atoms with E-state index >= 15 is 0 Å². The van der Waals surface area contributed by atoms with E-state index in [0.717, 1.165) is 5.39 Å². The Morgan fingerprint density at radius 2 is 1.89 bits per heavy atom. The van der Waals surface area contributed by atoms with E-state index in [1.165, 1.54) is 16.7 Å². The normalized spacial score (nSPS) is 12.2. The predicted octanol–water partition coefficient (Wildman–Crippen LogP) is 6.08. The van der Waals surface area contributed by atoms with Gasteiger partial charge in [0, 0.05) is 5.39 Å². The summed E-state index contributed by atoms with van der Waals surface area (Å²) in [5.74, 6) is -0.748. The van der Waals surface area contributed by atoms with Gasteiger partial charge in [-0.3, -0.25) is 4.79 Å². The van der Waals surface area contributed by atoms with Crippen molar-refractivity contribution in [2.45, 2.75) is 19.1 Å². The number of Topliss-reactive ketones (excluding diaryl/α,β-unsaturated/α-hetero) is 1. The minimum atomic E-state index is -4.50. The monoisotopic (exact) mass is 426 g/mol. The Balaban J connectivity index is 1.78. The Morgan fingerprint density at radius 3 is 2.61 bits per heavy atom. The topological polar surface area (TPSA) is 48.0 Å². The highest BCUT2D eigenvalue weighted by atomic mass is 35.5. The molecule has 0 fully saturated rings. The lowest BCUT2D eigenvalue weighted by Crippen LogP contribution is -2.19. The fourth-order valence-electron chi connectivity index (χ4n) is 3.01. The summed E-state index contributed by atoms with van der Waals surface area (Å²) in [5.41, 5.74) is 0.926. The third kappa shape index (κ3) is 3.47. The molecule has 0 aliphatic rings. The van der Waals surface area contributed by atoms with E-state index in [1.807, 2.05) is 0 Å². The first-order valence-electron chi connectivity index (χ1n) is 8.14. The molecule has 0 unspecified atom stereocenters. The quantitative estimate of drug-likeness (QED) is 0.371. The first-order valence-corrected chi connectivity index (χ1v) is 8.90. The minimum absolute atomic E-state index is 0.0394. The van der Waals surface area contributed by atoms with E-state index in [2.05, 4.69) is 4.98 Å². The van der Waals surface area contributed by atoms with Crippen molar-refractivity contribution in [1.29, 1.82) is 0 Å². The largest absolute Gasteiger partial charge is 0.453 e. The molecule has 2 aromatic carbocycles. The second kappa shape index (κ2) is 6.83. The average molecular weight is 427 g/mol. The summed E-state index contributed by atoms with van der Waals surface area (Å²) in [5, 5.41) is 0.935. The van der Waals surface area contributed by atoms with Gasteiger partial charge in [0.25, 0.3) is 0 Å². The average Bonchev–Trinajstić information content (AvgIpc) is 3.19. The second-order valence-corrected chi connectivity index (χ2v) is 6.99. The molecular formula is C19H11Cl2F3N2O2. The number of ketones is 1. The van der Waals surface area contributed by atoms with Crippen LogP contribution in [0.15, 0.2) is 46.9 Å². The Morgan fingerprint density at radius 1 is 1.14 bits per heavy atom. The highest BCUT2D eigenvalue weighted by molar-refractivity contribution is 6.44. The van der Waals surface area contributed by atoms with E-state index in [9.17, 15) is 18.0 Å². The minimum Gasteiger partial charge on any atom is -0.453 e. The van der Waals surface area contributed by atoms with E-state index in [4.69, 9.17) is 27.6 Å². The number of benzene rings is 2. The maximum Gasteiger partial charge on any atom is 0.396 e. The van der Waals surface area contributed by atoms with Gasteiger partial charge in [-0.1, -0.05) is 41.4 Å². The number of hydrogen-bond donors (Lipinski definition) is 0. The van der Waals surface area contributed by atoms with Crippen molar-refractivity contribution in [3.8, 4) is 0 Å². The Bertz CT molecular complexity index is 1180. The zero-order valence-electron chi connectivity index (χ0n) is 14.1. The standard InChI is InChI=1S/C19H11Cl2F3N2O2/c20-11-5-6-12-18(17(11)21)25-16(8-19(22,23)24)26(12)9-13(27)15-7-10-3-1-2-4-14(10)28-15/h1-7H,8-9H2.